The van der Waals surface area contributed by atoms with Gasteiger partial charge < -0.3 is 15.2 Å². The zero-order valence-electron chi connectivity index (χ0n) is 11.6. The van der Waals surface area contributed by atoms with Crippen molar-refractivity contribution in [3.05, 3.63) is 0 Å². The Labute approximate surface area is 116 Å². The van der Waals surface area contributed by atoms with Gasteiger partial charge >= 0.3 is 12.1 Å². The first-order chi connectivity index (χ1) is 9.26. The van der Waals surface area contributed by atoms with Crippen LogP contribution in [0.2, 0.25) is 0 Å². The van der Waals surface area contributed by atoms with E-state index in [1.165, 1.54) is 0 Å². The molecule has 118 valence electrons. The second-order valence-corrected chi connectivity index (χ2v) is 5.29. The van der Waals surface area contributed by atoms with Crippen LogP contribution in [0.1, 0.15) is 39.0 Å². The van der Waals surface area contributed by atoms with Gasteiger partial charge in [0.15, 0.2) is 0 Å². The lowest BCUT2D eigenvalue weighted by Gasteiger charge is -2.35. The number of rotatable bonds is 6. The summed E-state index contributed by atoms with van der Waals surface area (Å²) in [4.78, 5) is 11.5. The molecule has 1 aliphatic carbocycles. The lowest BCUT2D eigenvalue weighted by Crippen LogP contribution is -2.45. The zero-order chi connectivity index (χ0) is 15.2. The van der Waals surface area contributed by atoms with Crippen LogP contribution < -0.4 is 5.32 Å². The van der Waals surface area contributed by atoms with Crippen LogP contribution in [0, 0.1) is 5.92 Å². The highest BCUT2D eigenvalue weighted by molar-refractivity contribution is 5.72. The summed E-state index contributed by atoms with van der Waals surface area (Å²) in [7, 11) is 0. The van der Waals surface area contributed by atoms with Crippen LogP contribution in [0.4, 0.5) is 13.2 Å². The molecule has 0 unspecified atom stereocenters. The van der Waals surface area contributed by atoms with Crippen LogP contribution in [0.5, 0.6) is 0 Å². The van der Waals surface area contributed by atoms with E-state index >= 15 is 0 Å². The van der Waals surface area contributed by atoms with Gasteiger partial charge in [-0.25, -0.2) is 0 Å². The highest BCUT2D eigenvalue weighted by Crippen LogP contribution is 2.32. The summed E-state index contributed by atoms with van der Waals surface area (Å²) in [5, 5.41) is 12.9. The van der Waals surface area contributed by atoms with Crippen LogP contribution in [0.3, 0.4) is 0 Å². The molecule has 0 aromatic rings. The van der Waals surface area contributed by atoms with Gasteiger partial charge in [-0.2, -0.15) is 13.2 Å². The maximum atomic E-state index is 12.0. The van der Waals surface area contributed by atoms with E-state index in [2.05, 4.69) is 5.32 Å². The molecular weight excluding hydrogens is 275 g/mol. The quantitative estimate of drug-likeness (QED) is 0.581. The molecule has 1 aliphatic rings. The predicted molar refractivity (Wildman–Crippen MR) is 67.1 cm³/mol. The Morgan fingerprint density at radius 3 is 2.50 bits per heavy atom. The molecule has 1 saturated carbocycles. The van der Waals surface area contributed by atoms with Gasteiger partial charge in [0.05, 0.1) is 24.5 Å². The topological polar surface area (TPSA) is 58.6 Å². The first kappa shape index (κ1) is 17.2. The average molecular weight is 297 g/mol. The fourth-order valence-electron chi connectivity index (χ4n) is 2.38. The third-order valence-corrected chi connectivity index (χ3v) is 3.58. The summed E-state index contributed by atoms with van der Waals surface area (Å²) in [5.41, 5.74) is -1.02. The van der Waals surface area contributed by atoms with E-state index in [9.17, 15) is 23.1 Å². The van der Waals surface area contributed by atoms with Gasteiger partial charge in [-0.1, -0.05) is 0 Å². The molecule has 0 bridgehead atoms. The second kappa shape index (κ2) is 7.26. The van der Waals surface area contributed by atoms with Crippen molar-refractivity contribution in [1.29, 1.82) is 0 Å². The minimum atomic E-state index is -4.18. The van der Waals surface area contributed by atoms with E-state index in [1.807, 2.05) is 0 Å². The maximum Gasteiger partial charge on any atom is 0.390 e. The summed E-state index contributed by atoms with van der Waals surface area (Å²) >= 11 is 0. The molecule has 0 amide bonds. The summed E-state index contributed by atoms with van der Waals surface area (Å²) < 4.78 is 40.9. The highest BCUT2D eigenvalue weighted by Gasteiger charge is 2.36. The fraction of sp³-hybridized carbons (Fsp3) is 0.923. The number of carbonyl (C=O) groups is 1. The predicted octanol–water partition coefficient (Wildman–Crippen LogP) is 2.01. The largest absolute Gasteiger partial charge is 0.466 e. The molecule has 0 aromatic heterocycles. The summed E-state index contributed by atoms with van der Waals surface area (Å²) in [6, 6.07) is 0. The van der Waals surface area contributed by atoms with Crippen molar-refractivity contribution in [3.63, 3.8) is 0 Å². The van der Waals surface area contributed by atoms with Crippen LogP contribution in [-0.4, -0.2) is 42.5 Å². The molecule has 2 N–H and O–H groups in total. The SMILES string of the molecule is CCOC(=O)C1CCC(O)(CNCCC(F)(F)F)CC1. The number of ether oxygens (including phenoxy) is 1. The Kier molecular flexibility index (Phi) is 6.26. The van der Waals surface area contributed by atoms with Crippen LogP contribution in [-0.2, 0) is 9.53 Å². The molecular formula is C13H22F3NO3. The molecule has 0 heterocycles. The van der Waals surface area contributed by atoms with E-state index in [4.69, 9.17) is 4.74 Å². The third kappa shape index (κ3) is 6.09. The van der Waals surface area contributed by atoms with Gasteiger partial charge in [0, 0.05) is 13.1 Å². The Balaban J connectivity index is 2.26. The number of carbonyl (C=O) groups excluding carboxylic acids is 1. The van der Waals surface area contributed by atoms with Crippen molar-refractivity contribution >= 4 is 5.97 Å². The van der Waals surface area contributed by atoms with Gasteiger partial charge in [-0.3, -0.25) is 4.79 Å². The van der Waals surface area contributed by atoms with Gasteiger partial charge in [-0.15, -0.1) is 0 Å². The van der Waals surface area contributed by atoms with Crippen molar-refractivity contribution in [3.8, 4) is 0 Å². The minimum absolute atomic E-state index is 0.124. The lowest BCUT2D eigenvalue weighted by atomic mass is 9.79. The van der Waals surface area contributed by atoms with E-state index in [0.29, 0.717) is 32.3 Å². The monoisotopic (exact) mass is 297 g/mol. The molecule has 1 rings (SSSR count). The molecule has 20 heavy (non-hydrogen) atoms. The van der Waals surface area contributed by atoms with Crippen LogP contribution in [0.15, 0.2) is 0 Å². The summed E-state index contributed by atoms with van der Waals surface area (Å²) in [6.45, 7) is 1.99. The second-order valence-electron chi connectivity index (χ2n) is 5.29. The Bertz CT molecular complexity index is 312. The van der Waals surface area contributed by atoms with Gasteiger partial charge in [0.2, 0.25) is 0 Å². The third-order valence-electron chi connectivity index (χ3n) is 3.58. The van der Waals surface area contributed by atoms with Crippen LogP contribution in [0.25, 0.3) is 0 Å². The van der Waals surface area contributed by atoms with E-state index in [1.54, 1.807) is 6.92 Å². The number of esters is 1. The summed E-state index contributed by atoms with van der Waals surface area (Å²) in [6.07, 6.45) is -3.27. The molecule has 0 aliphatic heterocycles. The zero-order valence-corrected chi connectivity index (χ0v) is 11.6. The molecule has 1 fully saturated rings. The Morgan fingerprint density at radius 2 is 2.00 bits per heavy atom. The molecule has 0 radical (unpaired) electrons. The molecule has 0 spiro atoms. The smallest absolute Gasteiger partial charge is 0.390 e. The summed E-state index contributed by atoms with van der Waals surface area (Å²) in [5.74, 6) is -0.454. The number of hydrogen-bond acceptors (Lipinski definition) is 4. The average Bonchev–Trinajstić information content (AvgIpc) is 2.35. The van der Waals surface area contributed by atoms with Crippen molar-refractivity contribution in [1.82, 2.24) is 5.32 Å². The van der Waals surface area contributed by atoms with Crippen molar-refractivity contribution in [2.24, 2.45) is 5.92 Å². The minimum Gasteiger partial charge on any atom is -0.466 e. The van der Waals surface area contributed by atoms with Crippen LogP contribution >= 0.6 is 0 Å². The standard InChI is InChI=1S/C13H22F3NO3/c1-2-20-11(18)10-3-5-12(19,6-4-10)9-17-8-7-13(14,15)16/h10,17,19H,2-9H2,1H3. The number of aliphatic hydroxyl groups is 1. The highest BCUT2D eigenvalue weighted by atomic mass is 19.4. The molecule has 0 aromatic carbocycles. The normalized spacial score (nSPS) is 27.4. The Hall–Kier alpha value is -0.820. The van der Waals surface area contributed by atoms with Crippen molar-refractivity contribution < 1.29 is 27.8 Å². The lowest BCUT2D eigenvalue weighted by molar-refractivity contribution is -0.151. The molecule has 0 saturated heterocycles. The first-order valence-electron chi connectivity index (χ1n) is 6.92. The molecule has 4 nitrogen and oxygen atoms in total. The molecule has 7 heteroatoms. The maximum absolute atomic E-state index is 12.0. The fourth-order valence-corrected chi connectivity index (χ4v) is 2.38. The Morgan fingerprint density at radius 1 is 1.40 bits per heavy atom. The van der Waals surface area contributed by atoms with Crippen molar-refractivity contribution in [2.75, 3.05) is 19.7 Å². The van der Waals surface area contributed by atoms with E-state index < -0.39 is 18.2 Å². The van der Waals surface area contributed by atoms with Gasteiger partial charge in [0.25, 0.3) is 0 Å². The molecule has 0 atom stereocenters. The van der Waals surface area contributed by atoms with Gasteiger partial charge in [-0.05, 0) is 32.6 Å². The van der Waals surface area contributed by atoms with Crippen molar-refractivity contribution in [2.45, 2.75) is 50.8 Å². The number of halogens is 3. The van der Waals surface area contributed by atoms with E-state index in [-0.39, 0.29) is 25.0 Å². The van der Waals surface area contributed by atoms with Gasteiger partial charge in [0.1, 0.15) is 0 Å². The number of nitrogens with one attached hydrogen (secondary N) is 1. The first-order valence-corrected chi connectivity index (χ1v) is 6.92. The number of alkyl halides is 3. The number of hydrogen-bond donors (Lipinski definition) is 2. The van der Waals surface area contributed by atoms with E-state index in [0.717, 1.165) is 0 Å².